The Bertz CT molecular complexity index is 1180. The van der Waals surface area contributed by atoms with Crippen LogP contribution in [-0.2, 0) is 29.5 Å². The lowest BCUT2D eigenvalue weighted by Gasteiger charge is -2.27. The first kappa shape index (κ1) is 20.6. The number of halogens is 2. The number of ether oxygens (including phenoxy) is 1. The SMILES string of the molecule is CC(=O)N1CCc2c(c(Nc3c(F)ccc(-c4cnn(C)c4)c3F)nn2[C@@H]2CCOC2)C1. The van der Waals surface area contributed by atoms with Gasteiger partial charge in [-0.15, -0.1) is 0 Å². The van der Waals surface area contributed by atoms with Crippen molar-refractivity contribution in [3.63, 3.8) is 0 Å². The molecule has 168 valence electrons. The van der Waals surface area contributed by atoms with Gasteiger partial charge >= 0.3 is 0 Å². The van der Waals surface area contributed by atoms with Gasteiger partial charge in [-0.3, -0.25) is 14.2 Å². The lowest BCUT2D eigenvalue weighted by Crippen LogP contribution is -2.35. The summed E-state index contributed by atoms with van der Waals surface area (Å²) in [6.07, 6.45) is 4.65. The van der Waals surface area contributed by atoms with E-state index in [1.165, 1.54) is 25.3 Å². The highest BCUT2D eigenvalue weighted by molar-refractivity contribution is 5.75. The zero-order valence-corrected chi connectivity index (χ0v) is 17.9. The summed E-state index contributed by atoms with van der Waals surface area (Å²) in [6, 6.07) is 2.69. The van der Waals surface area contributed by atoms with E-state index in [-0.39, 0.29) is 23.2 Å². The standard InChI is InChI=1S/C22H24F2N6O2/c1-13(31)29-7-5-19-17(11-29)22(27-30(19)15-6-8-32-12-15)26-21-18(23)4-3-16(20(21)24)14-9-25-28(2)10-14/h3-4,9-10,15H,5-8,11-12H2,1-2H3,(H,26,27)/t15-/m1/s1. The predicted molar refractivity (Wildman–Crippen MR) is 113 cm³/mol. The number of hydrogen-bond acceptors (Lipinski definition) is 5. The van der Waals surface area contributed by atoms with Crippen molar-refractivity contribution >= 4 is 17.4 Å². The molecule has 10 heteroatoms. The van der Waals surface area contributed by atoms with E-state index in [4.69, 9.17) is 4.74 Å². The molecule has 1 fully saturated rings. The van der Waals surface area contributed by atoms with Gasteiger partial charge in [0.25, 0.3) is 0 Å². The van der Waals surface area contributed by atoms with Gasteiger partial charge in [0.05, 0.1) is 25.4 Å². The van der Waals surface area contributed by atoms with E-state index < -0.39 is 11.6 Å². The summed E-state index contributed by atoms with van der Waals surface area (Å²) < 4.78 is 39.1. The summed E-state index contributed by atoms with van der Waals surface area (Å²) in [6.45, 7) is 3.64. The van der Waals surface area contributed by atoms with Crippen LogP contribution in [0.3, 0.4) is 0 Å². The molecule has 8 nitrogen and oxygen atoms in total. The lowest BCUT2D eigenvalue weighted by atomic mass is 10.1. The number of aryl methyl sites for hydroxylation is 1. The average Bonchev–Trinajstić information content (AvgIpc) is 3.51. The maximum absolute atomic E-state index is 15.4. The number of hydrogen-bond donors (Lipinski definition) is 1. The van der Waals surface area contributed by atoms with E-state index in [0.717, 1.165) is 17.7 Å². The van der Waals surface area contributed by atoms with Crippen LogP contribution in [0.15, 0.2) is 24.5 Å². The molecule has 5 rings (SSSR count). The monoisotopic (exact) mass is 442 g/mol. The quantitative estimate of drug-likeness (QED) is 0.672. The van der Waals surface area contributed by atoms with E-state index >= 15 is 4.39 Å². The topological polar surface area (TPSA) is 77.2 Å². The minimum absolute atomic E-state index is 0.0468. The van der Waals surface area contributed by atoms with E-state index in [0.29, 0.717) is 44.1 Å². The Morgan fingerprint density at radius 1 is 1.31 bits per heavy atom. The molecule has 4 heterocycles. The number of benzene rings is 1. The Hall–Kier alpha value is -3.27. The molecule has 1 aromatic carbocycles. The number of rotatable bonds is 4. The Morgan fingerprint density at radius 3 is 2.84 bits per heavy atom. The summed E-state index contributed by atoms with van der Waals surface area (Å²) in [5.74, 6) is -1.12. The molecule has 32 heavy (non-hydrogen) atoms. The van der Waals surface area contributed by atoms with Gasteiger partial charge < -0.3 is 15.0 Å². The van der Waals surface area contributed by atoms with Crippen molar-refractivity contribution in [3.05, 3.63) is 47.4 Å². The largest absolute Gasteiger partial charge is 0.379 e. The number of amides is 1. The van der Waals surface area contributed by atoms with E-state index in [2.05, 4.69) is 15.5 Å². The second-order valence-corrected chi connectivity index (χ2v) is 8.24. The highest BCUT2D eigenvalue weighted by atomic mass is 19.1. The molecule has 1 atom stereocenters. The summed E-state index contributed by atoms with van der Waals surface area (Å²) in [5.41, 5.74) is 2.27. The van der Waals surface area contributed by atoms with Gasteiger partial charge in [-0.05, 0) is 18.6 Å². The van der Waals surface area contributed by atoms with Crippen LogP contribution in [0.5, 0.6) is 0 Å². The summed E-state index contributed by atoms with van der Waals surface area (Å²) in [4.78, 5) is 13.7. The zero-order chi connectivity index (χ0) is 22.4. The molecule has 2 aromatic heterocycles. The fourth-order valence-corrected chi connectivity index (χ4v) is 4.40. The summed E-state index contributed by atoms with van der Waals surface area (Å²) in [7, 11) is 1.73. The van der Waals surface area contributed by atoms with Gasteiger partial charge in [0.1, 0.15) is 11.5 Å². The molecule has 0 aliphatic carbocycles. The third kappa shape index (κ3) is 3.54. The van der Waals surface area contributed by atoms with Crippen LogP contribution in [0.4, 0.5) is 20.3 Å². The summed E-state index contributed by atoms with van der Waals surface area (Å²) >= 11 is 0. The number of nitrogens with zero attached hydrogens (tertiary/aromatic N) is 5. The number of anilines is 2. The highest BCUT2D eigenvalue weighted by Crippen LogP contribution is 2.36. The van der Waals surface area contributed by atoms with E-state index in [1.54, 1.807) is 22.8 Å². The van der Waals surface area contributed by atoms with Crippen molar-refractivity contribution in [3.8, 4) is 11.1 Å². The Kier molecular flexibility index (Phi) is 5.16. The number of carbonyl (C=O) groups is 1. The molecule has 0 radical (unpaired) electrons. The second kappa shape index (κ2) is 8.01. The van der Waals surface area contributed by atoms with Crippen LogP contribution >= 0.6 is 0 Å². The van der Waals surface area contributed by atoms with Crippen molar-refractivity contribution in [2.24, 2.45) is 7.05 Å². The van der Waals surface area contributed by atoms with Gasteiger partial charge in [-0.1, -0.05) is 0 Å². The normalized spacial score (nSPS) is 18.1. The van der Waals surface area contributed by atoms with Crippen LogP contribution in [0.2, 0.25) is 0 Å². The molecule has 2 aliphatic heterocycles. The van der Waals surface area contributed by atoms with Crippen molar-refractivity contribution in [2.45, 2.75) is 32.4 Å². The van der Waals surface area contributed by atoms with Crippen LogP contribution < -0.4 is 5.32 Å². The van der Waals surface area contributed by atoms with Crippen LogP contribution in [0.1, 0.15) is 30.6 Å². The van der Waals surface area contributed by atoms with Gasteiger partial charge in [-0.2, -0.15) is 10.2 Å². The van der Waals surface area contributed by atoms with Crippen molar-refractivity contribution in [1.82, 2.24) is 24.5 Å². The molecule has 0 bridgehead atoms. The molecule has 1 saturated heterocycles. The van der Waals surface area contributed by atoms with Crippen molar-refractivity contribution in [1.29, 1.82) is 0 Å². The molecule has 1 N–H and O–H groups in total. The second-order valence-electron chi connectivity index (χ2n) is 8.24. The molecular weight excluding hydrogens is 418 g/mol. The first-order valence-corrected chi connectivity index (χ1v) is 10.6. The van der Waals surface area contributed by atoms with Crippen molar-refractivity contribution in [2.75, 3.05) is 25.1 Å². The van der Waals surface area contributed by atoms with Crippen LogP contribution in [0, 0.1) is 11.6 Å². The van der Waals surface area contributed by atoms with Gasteiger partial charge in [0.2, 0.25) is 5.91 Å². The maximum Gasteiger partial charge on any atom is 0.219 e. The number of fused-ring (bicyclic) bond motifs is 1. The summed E-state index contributed by atoms with van der Waals surface area (Å²) in [5, 5.41) is 11.7. The lowest BCUT2D eigenvalue weighted by molar-refractivity contribution is -0.129. The van der Waals surface area contributed by atoms with Gasteiger partial charge in [0, 0.05) is 62.1 Å². The van der Waals surface area contributed by atoms with Gasteiger partial charge in [0.15, 0.2) is 11.6 Å². The third-order valence-electron chi connectivity index (χ3n) is 6.13. The number of aromatic nitrogens is 4. The minimum atomic E-state index is -0.720. The first-order chi connectivity index (χ1) is 15.4. The number of nitrogens with one attached hydrogen (secondary N) is 1. The molecule has 0 unspecified atom stereocenters. The van der Waals surface area contributed by atoms with E-state index in [9.17, 15) is 9.18 Å². The van der Waals surface area contributed by atoms with Crippen LogP contribution in [0.25, 0.3) is 11.1 Å². The van der Waals surface area contributed by atoms with Crippen molar-refractivity contribution < 1.29 is 18.3 Å². The highest BCUT2D eigenvalue weighted by Gasteiger charge is 2.31. The Labute approximate surface area is 183 Å². The minimum Gasteiger partial charge on any atom is -0.379 e. The number of carbonyl (C=O) groups excluding carboxylic acids is 1. The fourth-order valence-electron chi connectivity index (χ4n) is 4.40. The predicted octanol–water partition coefficient (Wildman–Crippen LogP) is 3.17. The average molecular weight is 442 g/mol. The Balaban J connectivity index is 1.56. The maximum atomic E-state index is 15.4. The smallest absolute Gasteiger partial charge is 0.219 e. The molecule has 0 spiro atoms. The van der Waals surface area contributed by atoms with Crippen LogP contribution in [-0.4, -0.2) is 50.1 Å². The third-order valence-corrected chi connectivity index (χ3v) is 6.13. The molecule has 0 saturated carbocycles. The Morgan fingerprint density at radius 2 is 2.16 bits per heavy atom. The molecule has 1 amide bonds. The molecule has 2 aliphatic rings. The van der Waals surface area contributed by atoms with E-state index in [1.807, 2.05) is 4.68 Å². The molecule has 3 aromatic rings. The first-order valence-electron chi connectivity index (χ1n) is 10.6. The zero-order valence-electron chi connectivity index (χ0n) is 17.9. The van der Waals surface area contributed by atoms with Gasteiger partial charge in [-0.25, -0.2) is 8.78 Å². The fraction of sp³-hybridized carbons (Fsp3) is 0.409. The molecular formula is C22H24F2N6O2.